The Balaban J connectivity index is 2.03. The summed E-state index contributed by atoms with van der Waals surface area (Å²) in [4.78, 5) is 0. The van der Waals surface area contributed by atoms with Crippen molar-refractivity contribution in [3.05, 3.63) is 89.5 Å². The summed E-state index contributed by atoms with van der Waals surface area (Å²) in [5.41, 5.74) is 6.84. The van der Waals surface area contributed by atoms with Gasteiger partial charge in [-0.3, -0.25) is 0 Å². The molecule has 0 N–H and O–H groups in total. The molecule has 2 unspecified atom stereocenters. The molecule has 0 heteroatoms. The molecule has 2 atom stereocenters. The SMILES string of the molecule is [CH2]C1=C2C=CC3=CC=CC4=CC=C(C=C1)C2C34. The summed E-state index contributed by atoms with van der Waals surface area (Å²) >= 11 is 0. The second-order valence-electron chi connectivity index (χ2n) is 4.96. The van der Waals surface area contributed by atoms with Gasteiger partial charge in [0.1, 0.15) is 0 Å². The summed E-state index contributed by atoms with van der Waals surface area (Å²) in [7, 11) is 0. The molecule has 0 bridgehead atoms. The van der Waals surface area contributed by atoms with Gasteiger partial charge in [-0.25, -0.2) is 0 Å². The molecule has 0 fully saturated rings. The predicted molar refractivity (Wildman–Crippen MR) is 71.0 cm³/mol. The third-order valence-electron chi connectivity index (χ3n) is 4.09. The number of hydrogen-bond acceptors (Lipinski definition) is 0. The van der Waals surface area contributed by atoms with Crippen molar-refractivity contribution in [2.24, 2.45) is 11.8 Å². The van der Waals surface area contributed by atoms with Gasteiger partial charge in [0.2, 0.25) is 0 Å². The van der Waals surface area contributed by atoms with Crippen molar-refractivity contribution in [2.75, 3.05) is 0 Å². The largest absolute Gasteiger partial charge is 0.0617 e. The van der Waals surface area contributed by atoms with Crippen molar-refractivity contribution in [2.45, 2.75) is 0 Å². The maximum atomic E-state index is 4.16. The van der Waals surface area contributed by atoms with Gasteiger partial charge < -0.3 is 0 Å². The third-order valence-corrected chi connectivity index (χ3v) is 4.09. The Labute approximate surface area is 102 Å². The van der Waals surface area contributed by atoms with E-state index < -0.39 is 0 Å². The highest BCUT2D eigenvalue weighted by Gasteiger charge is 2.37. The van der Waals surface area contributed by atoms with Crippen molar-refractivity contribution in [3.8, 4) is 0 Å². The topological polar surface area (TPSA) is 0 Å². The highest BCUT2D eigenvalue weighted by molar-refractivity contribution is 5.62. The van der Waals surface area contributed by atoms with Gasteiger partial charge in [0, 0.05) is 11.8 Å². The van der Waals surface area contributed by atoms with E-state index in [0.717, 1.165) is 0 Å². The van der Waals surface area contributed by atoms with Gasteiger partial charge in [-0.05, 0) is 34.8 Å². The zero-order chi connectivity index (χ0) is 11.4. The number of rotatable bonds is 0. The van der Waals surface area contributed by atoms with Gasteiger partial charge in [0.05, 0.1) is 0 Å². The molecule has 0 aromatic rings. The molecule has 4 aliphatic rings. The van der Waals surface area contributed by atoms with Crippen LogP contribution in [0.1, 0.15) is 0 Å². The van der Waals surface area contributed by atoms with Crippen LogP contribution in [0.3, 0.4) is 0 Å². The average Bonchev–Trinajstić information content (AvgIpc) is 2.38. The molecule has 0 nitrogen and oxygen atoms in total. The van der Waals surface area contributed by atoms with Crippen molar-refractivity contribution in [3.63, 3.8) is 0 Å². The molecule has 0 spiro atoms. The van der Waals surface area contributed by atoms with Crippen molar-refractivity contribution < 1.29 is 0 Å². The first-order valence-electron chi connectivity index (χ1n) is 6.07. The normalized spacial score (nSPS) is 31.9. The van der Waals surface area contributed by atoms with Crippen LogP contribution in [0.4, 0.5) is 0 Å². The first kappa shape index (κ1) is 9.23. The Kier molecular flexibility index (Phi) is 1.69. The lowest BCUT2D eigenvalue weighted by molar-refractivity contribution is 0.561. The van der Waals surface area contributed by atoms with Crippen LogP contribution in [0.25, 0.3) is 0 Å². The molecule has 0 amide bonds. The molecule has 0 aromatic heterocycles. The Morgan fingerprint density at radius 3 is 2.29 bits per heavy atom. The lowest BCUT2D eigenvalue weighted by Crippen LogP contribution is -2.28. The quantitative estimate of drug-likeness (QED) is 0.578. The third kappa shape index (κ3) is 1.13. The van der Waals surface area contributed by atoms with Crippen LogP contribution in [0.2, 0.25) is 0 Å². The van der Waals surface area contributed by atoms with E-state index in [4.69, 9.17) is 0 Å². The summed E-state index contributed by atoms with van der Waals surface area (Å²) in [6.07, 6.45) is 20.0. The predicted octanol–water partition coefficient (Wildman–Crippen LogP) is 3.85. The zero-order valence-corrected chi connectivity index (χ0v) is 9.56. The van der Waals surface area contributed by atoms with Crippen LogP contribution in [-0.2, 0) is 0 Å². The minimum absolute atomic E-state index is 0.494. The minimum Gasteiger partial charge on any atom is -0.0617 e. The summed E-state index contributed by atoms with van der Waals surface area (Å²) in [5.74, 6) is 1.01. The molecule has 0 aromatic carbocycles. The molecule has 4 rings (SSSR count). The summed E-state index contributed by atoms with van der Waals surface area (Å²) < 4.78 is 0. The number of allylic oxidation sites excluding steroid dienone is 14. The maximum Gasteiger partial charge on any atom is 0.0201 e. The Bertz CT molecular complexity index is 612. The van der Waals surface area contributed by atoms with E-state index in [-0.39, 0.29) is 0 Å². The van der Waals surface area contributed by atoms with E-state index in [0.29, 0.717) is 11.8 Å². The summed E-state index contributed by atoms with van der Waals surface area (Å²) in [6.45, 7) is 4.16. The van der Waals surface area contributed by atoms with Crippen molar-refractivity contribution in [1.82, 2.24) is 0 Å². The second kappa shape index (κ2) is 3.10. The first-order valence-corrected chi connectivity index (χ1v) is 6.07. The lowest BCUT2D eigenvalue weighted by atomic mass is 9.64. The second-order valence-corrected chi connectivity index (χ2v) is 4.96. The van der Waals surface area contributed by atoms with E-state index in [9.17, 15) is 0 Å². The molecule has 0 saturated carbocycles. The van der Waals surface area contributed by atoms with Gasteiger partial charge in [-0.15, -0.1) is 0 Å². The molecule has 1 radical (unpaired) electrons. The molecular formula is C17H13. The van der Waals surface area contributed by atoms with Crippen LogP contribution in [0, 0.1) is 18.8 Å². The highest BCUT2D eigenvalue weighted by Crippen LogP contribution is 2.49. The van der Waals surface area contributed by atoms with Crippen molar-refractivity contribution >= 4 is 0 Å². The fourth-order valence-corrected chi connectivity index (χ4v) is 3.27. The van der Waals surface area contributed by atoms with E-state index in [1.54, 1.807) is 0 Å². The average molecular weight is 217 g/mol. The lowest BCUT2D eigenvalue weighted by Gasteiger charge is -2.40. The van der Waals surface area contributed by atoms with E-state index >= 15 is 0 Å². The fourth-order valence-electron chi connectivity index (χ4n) is 3.27. The summed E-state index contributed by atoms with van der Waals surface area (Å²) in [5, 5.41) is 0. The molecule has 0 aliphatic heterocycles. The molecule has 0 saturated heterocycles. The van der Waals surface area contributed by atoms with E-state index in [1.165, 1.54) is 27.9 Å². The van der Waals surface area contributed by atoms with Gasteiger partial charge in [-0.1, -0.05) is 54.7 Å². The Hall–Kier alpha value is -1.82. The highest BCUT2D eigenvalue weighted by atomic mass is 14.4. The maximum absolute atomic E-state index is 4.16. The minimum atomic E-state index is 0.494. The summed E-state index contributed by atoms with van der Waals surface area (Å²) in [6, 6.07) is 0. The molecule has 0 heterocycles. The van der Waals surface area contributed by atoms with E-state index in [1.807, 2.05) is 0 Å². The number of hydrogen-bond donors (Lipinski definition) is 0. The molecule has 17 heavy (non-hydrogen) atoms. The molecular weight excluding hydrogens is 204 g/mol. The van der Waals surface area contributed by atoms with Crippen LogP contribution in [0.5, 0.6) is 0 Å². The van der Waals surface area contributed by atoms with Gasteiger partial charge in [0.15, 0.2) is 0 Å². The van der Waals surface area contributed by atoms with Gasteiger partial charge >= 0.3 is 0 Å². The Morgan fingerprint density at radius 2 is 1.41 bits per heavy atom. The van der Waals surface area contributed by atoms with E-state index in [2.05, 4.69) is 61.6 Å². The Morgan fingerprint density at radius 1 is 0.706 bits per heavy atom. The van der Waals surface area contributed by atoms with Crippen LogP contribution in [-0.4, -0.2) is 0 Å². The van der Waals surface area contributed by atoms with Crippen LogP contribution in [0.15, 0.2) is 82.5 Å². The zero-order valence-electron chi connectivity index (χ0n) is 9.56. The van der Waals surface area contributed by atoms with Gasteiger partial charge in [-0.2, -0.15) is 0 Å². The van der Waals surface area contributed by atoms with Crippen molar-refractivity contribution in [1.29, 1.82) is 0 Å². The monoisotopic (exact) mass is 217 g/mol. The standard InChI is InChI=1S/C17H13/c1-11-5-6-14-8-7-12-3-2-4-13-9-10-15(11)17(14)16(12)13/h2-10,16-17H,1H2. The van der Waals surface area contributed by atoms with Crippen LogP contribution < -0.4 is 0 Å². The fraction of sp³-hybridized carbons (Fsp3) is 0.118. The van der Waals surface area contributed by atoms with Gasteiger partial charge in [0.25, 0.3) is 0 Å². The smallest absolute Gasteiger partial charge is 0.0201 e. The molecule has 4 aliphatic carbocycles. The first-order chi connectivity index (χ1) is 8.34. The molecule has 81 valence electrons. The van der Waals surface area contributed by atoms with Crippen LogP contribution >= 0.6 is 0 Å².